The Morgan fingerprint density at radius 3 is 2.61 bits per heavy atom. The van der Waals surface area contributed by atoms with Crippen LogP contribution in [-0.4, -0.2) is 49.8 Å². The van der Waals surface area contributed by atoms with Gasteiger partial charge in [0.05, 0.1) is 43.8 Å². The fraction of sp³-hybridized carbons (Fsp3) is 0.393. The lowest BCUT2D eigenvalue weighted by molar-refractivity contribution is -0.144. The molecule has 204 valence electrons. The normalized spacial score (nSPS) is 17.3. The number of carbonyl (C=O) groups excluding carboxylic acids is 3. The van der Waals surface area contributed by atoms with Crippen LogP contribution < -0.4 is 20.1 Å². The fourth-order valence-corrected chi connectivity index (χ4v) is 5.88. The maximum Gasteiger partial charge on any atom is 0.306 e. The van der Waals surface area contributed by atoms with Gasteiger partial charge in [0.25, 0.3) is 0 Å². The number of allylic oxidation sites excluding steroid dienone is 1. The Hall–Kier alpha value is -3.17. The average Bonchev–Trinajstić information content (AvgIpc) is 3.02. The minimum absolute atomic E-state index is 0.0247. The van der Waals surface area contributed by atoms with Crippen molar-refractivity contribution in [2.75, 3.05) is 26.1 Å². The van der Waals surface area contributed by atoms with Gasteiger partial charge >= 0.3 is 5.97 Å². The van der Waals surface area contributed by atoms with E-state index in [1.807, 2.05) is 24.3 Å². The predicted molar refractivity (Wildman–Crippen MR) is 150 cm³/mol. The Kier molecular flexibility index (Phi) is 10.5. The first kappa shape index (κ1) is 29.4. The van der Waals surface area contributed by atoms with Crippen LogP contribution in [0.3, 0.4) is 0 Å². The summed E-state index contributed by atoms with van der Waals surface area (Å²) in [5.74, 6) is 0.419. The van der Waals surface area contributed by atoms with E-state index >= 15 is 0 Å². The van der Waals surface area contributed by atoms with E-state index < -0.39 is 17.3 Å². The molecule has 0 radical (unpaired) electrons. The topological polar surface area (TPSA) is 103 Å². The molecule has 0 aliphatic carbocycles. The summed E-state index contributed by atoms with van der Waals surface area (Å²) in [7, 11) is 3.15. The lowest BCUT2D eigenvalue weighted by atomic mass is 10.0. The van der Waals surface area contributed by atoms with Crippen molar-refractivity contribution in [3.05, 3.63) is 64.8 Å². The molecule has 2 N–H and O–H groups in total. The quantitative estimate of drug-likeness (QED) is 0.337. The number of amides is 1. The molecule has 1 aliphatic heterocycles. The Bertz CT molecular complexity index is 1200. The molecule has 0 aromatic heterocycles. The van der Waals surface area contributed by atoms with Crippen molar-refractivity contribution in [1.82, 2.24) is 5.32 Å². The van der Waals surface area contributed by atoms with Crippen LogP contribution >= 0.6 is 23.4 Å². The first-order valence-corrected chi connectivity index (χ1v) is 13.6. The lowest BCUT2D eigenvalue weighted by Crippen LogP contribution is -2.35. The average molecular weight is 561 g/mol. The molecule has 1 aliphatic rings. The smallest absolute Gasteiger partial charge is 0.306 e. The Morgan fingerprint density at radius 1 is 1.16 bits per heavy atom. The molecule has 0 bridgehead atoms. The SMILES string of the molecule is C=C(C[C@H]1S[C@H](c2cccc(OC)c2OC)c2cc(Cl)ccc2NC1=O)NC(C)C(=O)CCC(=O)OCC. The van der Waals surface area contributed by atoms with Gasteiger partial charge in [-0.3, -0.25) is 14.4 Å². The second-order valence-corrected chi connectivity index (χ2v) is 10.5. The van der Waals surface area contributed by atoms with Crippen molar-refractivity contribution in [3.8, 4) is 11.5 Å². The molecule has 0 spiro atoms. The number of Topliss-reactive ketones (excluding diaryl/α,β-unsaturated/α-hetero) is 1. The number of hydrogen-bond acceptors (Lipinski definition) is 8. The summed E-state index contributed by atoms with van der Waals surface area (Å²) in [6.45, 7) is 7.77. The number of thioether (sulfide) groups is 1. The van der Waals surface area contributed by atoms with Gasteiger partial charge in [-0.15, -0.1) is 11.8 Å². The van der Waals surface area contributed by atoms with Gasteiger partial charge in [0.2, 0.25) is 5.91 Å². The van der Waals surface area contributed by atoms with Gasteiger partial charge in [-0.05, 0) is 43.7 Å². The molecular weight excluding hydrogens is 528 g/mol. The third-order valence-corrected chi connectivity index (χ3v) is 7.80. The number of esters is 1. The van der Waals surface area contributed by atoms with E-state index in [9.17, 15) is 14.4 Å². The third-order valence-electron chi connectivity index (χ3n) is 6.08. The van der Waals surface area contributed by atoms with Gasteiger partial charge in [-0.1, -0.05) is 30.3 Å². The molecule has 3 atom stereocenters. The highest BCUT2D eigenvalue weighted by Gasteiger charge is 2.34. The molecule has 3 rings (SSSR count). The number of rotatable bonds is 12. The van der Waals surface area contributed by atoms with Gasteiger partial charge in [0.15, 0.2) is 17.3 Å². The summed E-state index contributed by atoms with van der Waals surface area (Å²) in [6, 6.07) is 10.4. The Labute approximate surface area is 232 Å². The lowest BCUT2D eigenvalue weighted by Gasteiger charge is -2.24. The Morgan fingerprint density at radius 2 is 1.92 bits per heavy atom. The number of ether oxygens (including phenoxy) is 3. The van der Waals surface area contributed by atoms with Crippen molar-refractivity contribution in [2.45, 2.75) is 49.7 Å². The van der Waals surface area contributed by atoms with Gasteiger partial charge in [-0.25, -0.2) is 0 Å². The first-order valence-electron chi connectivity index (χ1n) is 12.3. The van der Waals surface area contributed by atoms with Crippen LogP contribution in [0.2, 0.25) is 5.02 Å². The number of benzene rings is 2. The van der Waals surface area contributed by atoms with E-state index in [1.54, 1.807) is 40.2 Å². The number of ketones is 1. The summed E-state index contributed by atoms with van der Waals surface area (Å²) in [6.07, 6.45) is 0.361. The van der Waals surface area contributed by atoms with E-state index in [4.69, 9.17) is 25.8 Å². The van der Waals surface area contributed by atoms with Crippen LogP contribution in [0.5, 0.6) is 11.5 Å². The molecule has 1 amide bonds. The van der Waals surface area contributed by atoms with Gasteiger partial charge < -0.3 is 24.8 Å². The largest absolute Gasteiger partial charge is 0.493 e. The third kappa shape index (κ3) is 7.23. The van der Waals surface area contributed by atoms with Crippen LogP contribution in [0.25, 0.3) is 0 Å². The molecule has 2 aromatic rings. The summed E-state index contributed by atoms with van der Waals surface area (Å²) >= 11 is 7.80. The molecular formula is C28H33ClN2O6S. The van der Waals surface area contributed by atoms with Crippen LogP contribution in [0, 0.1) is 0 Å². The fourth-order valence-electron chi connectivity index (χ4n) is 4.22. The molecule has 0 saturated carbocycles. The molecule has 0 saturated heterocycles. The van der Waals surface area contributed by atoms with Crippen molar-refractivity contribution in [2.24, 2.45) is 0 Å². The Balaban J connectivity index is 1.82. The number of carbonyl (C=O) groups is 3. The number of fused-ring (bicyclic) bond motifs is 1. The van der Waals surface area contributed by atoms with Crippen LogP contribution in [0.15, 0.2) is 48.7 Å². The number of hydrogen-bond donors (Lipinski definition) is 2. The molecule has 10 heteroatoms. The zero-order chi connectivity index (χ0) is 27.8. The number of para-hydroxylation sites is 1. The highest BCUT2D eigenvalue weighted by molar-refractivity contribution is 8.01. The molecule has 1 heterocycles. The minimum Gasteiger partial charge on any atom is -0.493 e. The second-order valence-electron chi connectivity index (χ2n) is 8.75. The predicted octanol–water partition coefficient (Wildman–Crippen LogP) is 5.29. The van der Waals surface area contributed by atoms with E-state index in [-0.39, 0.29) is 42.8 Å². The van der Waals surface area contributed by atoms with Crippen LogP contribution in [0.1, 0.15) is 49.5 Å². The summed E-state index contributed by atoms with van der Waals surface area (Å²) in [5, 5.41) is 5.81. The number of halogens is 1. The van der Waals surface area contributed by atoms with Crippen LogP contribution in [-0.2, 0) is 19.1 Å². The van der Waals surface area contributed by atoms with Gasteiger partial charge in [0, 0.05) is 34.8 Å². The molecule has 0 fully saturated rings. The van der Waals surface area contributed by atoms with E-state index in [0.717, 1.165) is 11.1 Å². The van der Waals surface area contributed by atoms with E-state index in [2.05, 4.69) is 17.2 Å². The van der Waals surface area contributed by atoms with Crippen molar-refractivity contribution < 1.29 is 28.6 Å². The van der Waals surface area contributed by atoms with E-state index in [1.165, 1.54) is 11.8 Å². The number of nitrogens with one attached hydrogen (secondary N) is 2. The minimum atomic E-state index is -0.568. The number of anilines is 1. The molecule has 2 aromatic carbocycles. The van der Waals surface area contributed by atoms with Gasteiger partial charge in [0.1, 0.15) is 0 Å². The monoisotopic (exact) mass is 560 g/mol. The highest BCUT2D eigenvalue weighted by atomic mass is 35.5. The first-order chi connectivity index (χ1) is 18.2. The maximum atomic E-state index is 13.3. The van der Waals surface area contributed by atoms with Crippen molar-refractivity contribution in [3.63, 3.8) is 0 Å². The summed E-state index contributed by atoms with van der Waals surface area (Å²) in [5.41, 5.74) is 2.87. The molecule has 38 heavy (non-hydrogen) atoms. The second kappa shape index (κ2) is 13.6. The summed E-state index contributed by atoms with van der Waals surface area (Å²) < 4.78 is 16.1. The summed E-state index contributed by atoms with van der Waals surface area (Å²) in [4.78, 5) is 37.4. The maximum absolute atomic E-state index is 13.3. The van der Waals surface area contributed by atoms with Crippen molar-refractivity contribution >= 4 is 46.7 Å². The van der Waals surface area contributed by atoms with E-state index in [0.29, 0.717) is 27.9 Å². The zero-order valence-corrected chi connectivity index (χ0v) is 23.5. The number of methoxy groups -OCH3 is 2. The molecule has 1 unspecified atom stereocenters. The molecule has 8 nitrogen and oxygen atoms in total. The van der Waals surface area contributed by atoms with Crippen molar-refractivity contribution in [1.29, 1.82) is 0 Å². The zero-order valence-electron chi connectivity index (χ0n) is 22.0. The van der Waals surface area contributed by atoms with Gasteiger partial charge in [-0.2, -0.15) is 0 Å². The van der Waals surface area contributed by atoms with Crippen LogP contribution in [0.4, 0.5) is 5.69 Å². The highest BCUT2D eigenvalue weighted by Crippen LogP contribution is 2.50. The standard InChI is InChI=1S/C28H33ClN2O6S/c1-6-37-25(33)13-12-22(32)17(3)30-16(2)14-24-28(34)31-21-11-10-18(29)15-20(21)27(38-24)19-8-7-9-23(35-4)26(19)36-5/h7-11,15,17,24,27,30H,2,6,12-14H2,1,3-5H3,(H,31,34)/t17?,24-,27-/m1/s1.